The summed E-state index contributed by atoms with van der Waals surface area (Å²) in [4.78, 5) is 0. The molecular formula is C21H34O. The Labute approximate surface area is 136 Å². The fourth-order valence-corrected chi connectivity index (χ4v) is 7.66. The Bertz CT molecular complexity index is 457. The summed E-state index contributed by atoms with van der Waals surface area (Å²) in [5.41, 5.74) is 1.07. The lowest BCUT2D eigenvalue weighted by molar-refractivity contribution is -0.124. The van der Waals surface area contributed by atoms with E-state index in [1.807, 2.05) is 0 Å². The quantitative estimate of drug-likeness (QED) is 0.661. The second-order valence-corrected chi connectivity index (χ2v) is 9.55. The molecule has 0 aromatic rings. The average Bonchev–Trinajstić information content (AvgIpc) is 2.84. The SMILES string of the molecule is C=CC1CCC2C3CC[C@@H]4CC(O)CC[C@]4(C)C3CC[C@]12C. The summed E-state index contributed by atoms with van der Waals surface area (Å²) >= 11 is 0. The predicted octanol–water partition coefficient (Wildman–Crippen LogP) is 5.19. The maximum absolute atomic E-state index is 10.1. The van der Waals surface area contributed by atoms with Crippen molar-refractivity contribution >= 4 is 0 Å². The topological polar surface area (TPSA) is 20.2 Å². The molecule has 4 rings (SSSR count). The first-order valence-electron chi connectivity index (χ1n) is 9.79. The van der Waals surface area contributed by atoms with Gasteiger partial charge in [-0.25, -0.2) is 0 Å². The van der Waals surface area contributed by atoms with Crippen molar-refractivity contribution in [1.82, 2.24) is 0 Å². The Morgan fingerprint density at radius 1 is 0.909 bits per heavy atom. The van der Waals surface area contributed by atoms with Gasteiger partial charge in [0.2, 0.25) is 0 Å². The Morgan fingerprint density at radius 2 is 1.64 bits per heavy atom. The van der Waals surface area contributed by atoms with Crippen LogP contribution in [0.5, 0.6) is 0 Å². The fraction of sp³-hybridized carbons (Fsp3) is 0.905. The molecule has 4 aliphatic carbocycles. The molecule has 124 valence electrons. The first kappa shape index (κ1) is 15.2. The third kappa shape index (κ3) is 1.93. The molecule has 1 N–H and O–H groups in total. The summed E-state index contributed by atoms with van der Waals surface area (Å²) in [6.07, 6.45) is 14.1. The standard InChI is InChI=1S/C21H34O/c1-4-14-6-8-18-17-7-5-15-13-16(22)9-11-21(15,3)19(17)10-12-20(14,18)2/h4,14-19,22H,1,5-13H2,2-3H3/t14?,15-,16?,17?,18?,19?,20-,21+/m1/s1. The van der Waals surface area contributed by atoms with Gasteiger partial charge in [0.25, 0.3) is 0 Å². The third-order valence-electron chi connectivity index (χ3n) is 9.00. The molecule has 0 radical (unpaired) electrons. The van der Waals surface area contributed by atoms with E-state index in [4.69, 9.17) is 0 Å². The number of allylic oxidation sites excluding steroid dienone is 1. The van der Waals surface area contributed by atoms with E-state index in [2.05, 4.69) is 26.5 Å². The van der Waals surface area contributed by atoms with Gasteiger partial charge in [0, 0.05) is 0 Å². The van der Waals surface area contributed by atoms with Crippen molar-refractivity contribution in [3.8, 4) is 0 Å². The molecule has 8 atom stereocenters. The minimum Gasteiger partial charge on any atom is -0.393 e. The predicted molar refractivity (Wildman–Crippen MR) is 91.4 cm³/mol. The number of hydrogen-bond acceptors (Lipinski definition) is 1. The van der Waals surface area contributed by atoms with Crippen LogP contribution in [0.2, 0.25) is 0 Å². The van der Waals surface area contributed by atoms with Crippen molar-refractivity contribution in [1.29, 1.82) is 0 Å². The lowest BCUT2D eigenvalue weighted by atomic mass is 9.44. The number of aliphatic hydroxyl groups excluding tert-OH is 1. The van der Waals surface area contributed by atoms with E-state index in [9.17, 15) is 5.11 Å². The van der Waals surface area contributed by atoms with Gasteiger partial charge in [-0.2, -0.15) is 0 Å². The molecule has 22 heavy (non-hydrogen) atoms. The molecule has 5 unspecified atom stereocenters. The number of hydrogen-bond donors (Lipinski definition) is 1. The zero-order chi connectivity index (χ0) is 15.5. The monoisotopic (exact) mass is 302 g/mol. The fourth-order valence-electron chi connectivity index (χ4n) is 7.66. The highest BCUT2D eigenvalue weighted by atomic mass is 16.3. The van der Waals surface area contributed by atoms with Gasteiger partial charge < -0.3 is 5.11 Å². The van der Waals surface area contributed by atoms with E-state index in [0.717, 1.165) is 42.4 Å². The summed E-state index contributed by atoms with van der Waals surface area (Å²) in [5, 5.41) is 10.1. The molecule has 0 aromatic carbocycles. The van der Waals surface area contributed by atoms with Gasteiger partial charge >= 0.3 is 0 Å². The highest BCUT2D eigenvalue weighted by molar-refractivity contribution is 5.11. The van der Waals surface area contributed by atoms with Gasteiger partial charge in [0.05, 0.1) is 6.10 Å². The molecule has 0 spiro atoms. The van der Waals surface area contributed by atoms with E-state index in [1.165, 1.54) is 44.9 Å². The van der Waals surface area contributed by atoms with Crippen LogP contribution >= 0.6 is 0 Å². The molecule has 0 heterocycles. The zero-order valence-electron chi connectivity index (χ0n) is 14.6. The van der Waals surface area contributed by atoms with Crippen molar-refractivity contribution in [3.05, 3.63) is 12.7 Å². The van der Waals surface area contributed by atoms with Crippen LogP contribution in [0.3, 0.4) is 0 Å². The Balaban J connectivity index is 1.62. The molecular weight excluding hydrogens is 268 g/mol. The van der Waals surface area contributed by atoms with E-state index in [-0.39, 0.29) is 6.10 Å². The largest absolute Gasteiger partial charge is 0.393 e. The molecule has 4 fully saturated rings. The van der Waals surface area contributed by atoms with E-state index < -0.39 is 0 Å². The molecule has 0 aromatic heterocycles. The molecule has 4 aliphatic rings. The number of fused-ring (bicyclic) bond motifs is 5. The second kappa shape index (κ2) is 5.10. The van der Waals surface area contributed by atoms with Gasteiger partial charge in [-0.1, -0.05) is 19.9 Å². The summed E-state index contributed by atoms with van der Waals surface area (Å²) in [6.45, 7) is 9.30. The van der Waals surface area contributed by atoms with E-state index in [0.29, 0.717) is 10.8 Å². The van der Waals surface area contributed by atoms with Gasteiger partial charge in [0.1, 0.15) is 0 Å². The maximum atomic E-state index is 10.1. The molecule has 4 saturated carbocycles. The average molecular weight is 303 g/mol. The molecule has 0 bridgehead atoms. The number of aliphatic hydroxyl groups is 1. The minimum absolute atomic E-state index is 0.0138. The lowest BCUT2D eigenvalue weighted by Crippen LogP contribution is -2.53. The second-order valence-electron chi connectivity index (χ2n) is 9.55. The van der Waals surface area contributed by atoms with Crippen molar-refractivity contribution in [2.45, 2.75) is 77.7 Å². The first-order valence-corrected chi connectivity index (χ1v) is 9.79. The lowest BCUT2D eigenvalue weighted by Gasteiger charge is -2.60. The summed E-state index contributed by atoms with van der Waals surface area (Å²) in [7, 11) is 0. The first-order chi connectivity index (χ1) is 10.5. The highest BCUT2D eigenvalue weighted by Crippen LogP contribution is 2.67. The van der Waals surface area contributed by atoms with Crippen LogP contribution < -0.4 is 0 Å². The van der Waals surface area contributed by atoms with Crippen LogP contribution in [0.25, 0.3) is 0 Å². The molecule has 1 heteroatoms. The molecule has 0 saturated heterocycles. The van der Waals surface area contributed by atoms with E-state index in [1.54, 1.807) is 0 Å². The van der Waals surface area contributed by atoms with Crippen LogP contribution in [0.15, 0.2) is 12.7 Å². The maximum Gasteiger partial charge on any atom is 0.0543 e. The molecule has 0 amide bonds. The van der Waals surface area contributed by atoms with Gasteiger partial charge in [0.15, 0.2) is 0 Å². The van der Waals surface area contributed by atoms with Crippen molar-refractivity contribution in [2.75, 3.05) is 0 Å². The number of rotatable bonds is 1. The normalized spacial score (nSPS) is 57.6. The van der Waals surface area contributed by atoms with Crippen LogP contribution in [-0.2, 0) is 0 Å². The smallest absolute Gasteiger partial charge is 0.0543 e. The molecule has 0 aliphatic heterocycles. The Hall–Kier alpha value is -0.300. The van der Waals surface area contributed by atoms with E-state index >= 15 is 0 Å². The van der Waals surface area contributed by atoms with Crippen molar-refractivity contribution in [2.24, 2.45) is 40.4 Å². The van der Waals surface area contributed by atoms with Crippen LogP contribution in [0, 0.1) is 40.4 Å². The highest BCUT2D eigenvalue weighted by Gasteiger charge is 2.59. The Morgan fingerprint density at radius 3 is 2.41 bits per heavy atom. The van der Waals surface area contributed by atoms with Crippen molar-refractivity contribution in [3.63, 3.8) is 0 Å². The van der Waals surface area contributed by atoms with Crippen LogP contribution in [0.1, 0.15) is 71.6 Å². The minimum atomic E-state index is -0.0138. The third-order valence-corrected chi connectivity index (χ3v) is 9.00. The summed E-state index contributed by atoms with van der Waals surface area (Å²) in [6, 6.07) is 0. The Kier molecular flexibility index (Phi) is 3.53. The van der Waals surface area contributed by atoms with Gasteiger partial charge in [-0.3, -0.25) is 0 Å². The molecule has 1 nitrogen and oxygen atoms in total. The van der Waals surface area contributed by atoms with Gasteiger partial charge in [-0.15, -0.1) is 6.58 Å². The van der Waals surface area contributed by atoms with Crippen LogP contribution in [-0.4, -0.2) is 11.2 Å². The summed E-state index contributed by atoms with van der Waals surface area (Å²) < 4.78 is 0. The zero-order valence-corrected chi connectivity index (χ0v) is 14.6. The van der Waals surface area contributed by atoms with Crippen molar-refractivity contribution < 1.29 is 5.11 Å². The van der Waals surface area contributed by atoms with Gasteiger partial charge in [-0.05, 0) is 98.2 Å². The summed E-state index contributed by atoms with van der Waals surface area (Å²) in [5.74, 6) is 4.38. The van der Waals surface area contributed by atoms with Crippen LogP contribution in [0.4, 0.5) is 0 Å².